The second-order valence-electron chi connectivity index (χ2n) is 6.41. The van der Waals surface area contributed by atoms with Gasteiger partial charge in [0.1, 0.15) is 0 Å². The predicted octanol–water partition coefficient (Wildman–Crippen LogP) is 4.29. The minimum absolute atomic E-state index is 0. The molecule has 0 amide bonds. The average Bonchev–Trinajstić information content (AvgIpc) is 2.71. The molecule has 0 unspecified atom stereocenters. The zero-order valence-electron chi connectivity index (χ0n) is 17.1. The number of aliphatic imine (C=N–C) groups is 1. The molecule has 0 fully saturated rings. The maximum absolute atomic E-state index is 12.6. The van der Waals surface area contributed by atoms with Gasteiger partial charge in [-0.1, -0.05) is 24.3 Å². The lowest BCUT2D eigenvalue weighted by Gasteiger charge is -2.13. The van der Waals surface area contributed by atoms with Crippen molar-refractivity contribution in [3.8, 4) is 0 Å². The van der Waals surface area contributed by atoms with Gasteiger partial charge in [-0.15, -0.1) is 24.0 Å². The molecule has 0 spiro atoms. The molecule has 0 aliphatic carbocycles. The summed E-state index contributed by atoms with van der Waals surface area (Å²) in [7, 11) is 3.34. The minimum atomic E-state index is -4.30. The Hall–Kier alpha value is -2.01. The van der Waals surface area contributed by atoms with Crippen LogP contribution in [0.25, 0.3) is 0 Å². The lowest BCUT2D eigenvalue weighted by molar-refractivity contribution is -0.137. The van der Waals surface area contributed by atoms with E-state index in [4.69, 9.17) is 4.74 Å². The third-order valence-corrected chi connectivity index (χ3v) is 4.26. The van der Waals surface area contributed by atoms with Gasteiger partial charge in [0, 0.05) is 39.5 Å². The topological polar surface area (TPSA) is 57.7 Å². The van der Waals surface area contributed by atoms with Crippen LogP contribution in [-0.2, 0) is 23.9 Å². The number of alkyl halides is 3. The normalized spacial score (nSPS) is 11.6. The molecule has 2 aromatic rings. The standard InChI is InChI=1S/C21H27F3N4O.HI/c1-25-20(27-12-11-16-3-7-18(8-4-16)21(22,23)24)28-15-17-5-9-19(10-6-17)26-13-14-29-2;/h3-10,26H,11-15H2,1-2H3,(H2,25,27,28);1H. The summed E-state index contributed by atoms with van der Waals surface area (Å²) in [5.74, 6) is 0.638. The van der Waals surface area contributed by atoms with Crippen LogP contribution < -0.4 is 16.0 Å². The van der Waals surface area contributed by atoms with Crippen LogP contribution in [0.15, 0.2) is 53.5 Å². The van der Waals surface area contributed by atoms with Gasteiger partial charge in [-0.05, 0) is 41.8 Å². The first-order chi connectivity index (χ1) is 13.9. The molecule has 0 saturated heterocycles. The number of hydrogen-bond donors (Lipinski definition) is 3. The van der Waals surface area contributed by atoms with E-state index in [1.165, 1.54) is 12.1 Å². The fraction of sp³-hybridized carbons (Fsp3) is 0.381. The Balaban J connectivity index is 0.00000450. The molecule has 0 radical (unpaired) electrons. The molecular weight excluding hydrogens is 508 g/mol. The van der Waals surface area contributed by atoms with Crippen LogP contribution in [0.1, 0.15) is 16.7 Å². The largest absolute Gasteiger partial charge is 0.416 e. The molecule has 0 aromatic heterocycles. The molecule has 0 aliphatic heterocycles. The number of benzene rings is 2. The van der Waals surface area contributed by atoms with Crippen molar-refractivity contribution < 1.29 is 17.9 Å². The molecule has 0 bridgehead atoms. The highest BCUT2D eigenvalue weighted by Crippen LogP contribution is 2.29. The number of nitrogens with zero attached hydrogens (tertiary/aromatic N) is 1. The van der Waals surface area contributed by atoms with Crippen molar-refractivity contribution in [2.24, 2.45) is 4.99 Å². The number of rotatable bonds is 9. The molecule has 3 N–H and O–H groups in total. The molecule has 0 saturated carbocycles. The van der Waals surface area contributed by atoms with Gasteiger partial charge in [-0.3, -0.25) is 4.99 Å². The van der Waals surface area contributed by atoms with E-state index in [-0.39, 0.29) is 24.0 Å². The molecule has 2 aromatic carbocycles. The number of nitrogens with one attached hydrogen (secondary N) is 3. The van der Waals surface area contributed by atoms with Crippen LogP contribution in [-0.4, -0.2) is 39.8 Å². The van der Waals surface area contributed by atoms with Crippen molar-refractivity contribution >= 4 is 35.6 Å². The van der Waals surface area contributed by atoms with Crippen molar-refractivity contribution in [3.05, 3.63) is 65.2 Å². The summed E-state index contributed by atoms with van der Waals surface area (Å²) < 4.78 is 42.8. The van der Waals surface area contributed by atoms with Crippen molar-refractivity contribution in [2.45, 2.75) is 19.1 Å². The van der Waals surface area contributed by atoms with Gasteiger partial charge in [0.25, 0.3) is 0 Å². The first-order valence-corrected chi connectivity index (χ1v) is 9.35. The Bertz CT molecular complexity index is 765. The van der Waals surface area contributed by atoms with Gasteiger partial charge in [-0.2, -0.15) is 13.2 Å². The van der Waals surface area contributed by atoms with E-state index in [9.17, 15) is 13.2 Å². The van der Waals surface area contributed by atoms with Gasteiger partial charge in [0.05, 0.1) is 12.2 Å². The number of anilines is 1. The van der Waals surface area contributed by atoms with E-state index in [2.05, 4.69) is 20.9 Å². The zero-order chi connectivity index (χ0) is 21.1. The van der Waals surface area contributed by atoms with E-state index in [0.717, 1.165) is 35.5 Å². The summed E-state index contributed by atoms with van der Waals surface area (Å²) in [5, 5.41) is 9.65. The minimum Gasteiger partial charge on any atom is -0.383 e. The van der Waals surface area contributed by atoms with Crippen LogP contribution in [0.5, 0.6) is 0 Å². The van der Waals surface area contributed by atoms with Crippen LogP contribution in [0.2, 0.25) is 0 Å². The predicted molar refractivity (Wildman–Crippen MR) is 126 cm³/mol. The van der Waals surface area contributed by atoms with E-state index in [1.807, 2.05) is 24.3 Å². The molecular formula is C21H28F3IN4O. The maximum atomic E-state index is 12.6. The number of halogens is 4. The van der Waals surface area contributed by atoms with Crippen LogP contribution in [0.3, 0.4) is 0 Å². The third-order valence-electron chi connectivity index (χ3n) is 4.26. The average molecular weight is 536 g/mol. The molecule has 0 atom stereocenters. The number of hydrogen-bond acceptors (Lipinski definition) is 3. The summed E-state index contributed by atoms with van der Waals surface area (Å²) in [5.41, 5.74) is 2.34. The van der Waals surface area contributed by atoms with E-state index in [0.29, 0.717) is 32.1 Å². The van der Waals surface area contributed by atoms with Crippen molar-refractivity contribution in [3.63, 3.8) is 0 Å². The smallest absolute Gasteiger partial charge is 0.383 e. The monoisotopic (exact) mass is 536 g/mol. The zero-order valence-corrected chi connectivity index (χ0v) is 19.4. The van der Waals surface area contributed by atoms with Gasteiger partial charge >= 0.3 is 6.18 Å². The lowest BCUT2D eigenvalue weighted by Crippen LogP contribution is -2.37. The van der Waals surface area contributed by atoms with Crippen LogP contribution >= 0.6 is 24.0 Å². The first kappa shape index (κ1) is 26.0. The number of methoxy groups -OCH3 is 1. The summed E-state index contributed by atoms with van der Waals surface area (Å²) in [6, 6.07) is 13.3. The molecule has 166 valence electrons. The van der Waals surface area contributed by atoms with E-state index < -0.39 is 11.7 Å². The van der Waals surface area contributed by atoms with E-state index >= 15 is 0 Å². The molecule has 0 aliphatic rings. The Morgan fingerprint density at radius 2 is 1.57 bits per heavy atom. The summed E-state index contributed by atoms with van der Waals surface area (Å²) in [4.78, 5) is 4.17. The fourth-order valence-corrected chi connectivity index (χ4v) is 2.63. The highest BCUT2D eigenvalue weighted by molar-refractivity contribution is 14.0. The molecule has 0 heterocycles. The number of ether oxygens (including phenoxy) is 1. The van der Waals surface area contributed by atoms with Gasteiger partial charge in [0.15, 0.2) is 5.96 Å². The summed E-state index contributed by atoms with van der Waals surface area (Å²) in [6.45, 7) is 2.58. The molecule has 5 nitrogen and oxygen atoms in total. The van der Waals surface area contributed by atoms with Gasteiger partial charge in [0.2, 0.25) is 0 Å². The molecule has 9 heteroatoms. The Morgan fingerprint density at radius 3 is 2.13 bits per heavy atom. The van der Waals surface area contributed by atoms with Crippen LogP contribution in [0, 0.1) is 0 Å². The molecule has 30 heavy (non-hydrogen) atoms. The van der Waals surface area contributed by atoms with Gasteiger partial charge < -0.3 is 20.7 Å². The maximum Gasteiger partial charge on any atom is 0.416 e. The summed E-state index contributed by atoms with van der Waals surface area (Å²) >= 11 is 0. The molecule has 2 rings (SSSR count). The lowest BCUT2D eigenvalue weighted by atomic mass is 10.1. The Labute approximate surface area is 192 Å². The quantitative estimate of drug-likeness (QED) is 0.194. The second-order valence-corrected chi connectivity index (χ2v) is 6.41. The first-order valence-electron chi connectivity index (χ1n) is 9.35. The fourth-order valence-electron chi connectivity index (χ4n) is 2.63. The Morgan fingerprint density at radius 1 is 0.933 bits per heavy atom. The number of guanidine groups is 1. The second kappa shape index (κ2) is 13.3. The van der Waals surface area contributed by atoms with Crippen molar-refractivity contribution in [2.75, 3.05) is 39.2 Å². The van der Waals surface area contributed by atoms with Crippen molar-refractivity contribution in [1.29, 1.82) is 0 Å². The van der Waals surface area contributed by atoms with Crippen molar-refractivity contribution in [1.82, 2.24) is 10.6 Å². The highest BCUT2D eigenvalue weighted by Gasteiger charge is 2.29. The Kier molecular flexibility index (Phi) is 11.6. The third kappa shape index (κ3) is 9.21. The highest BCUT2D eigenvalue weighted by atomic mass is 127. The SMILES string of the molecule is CN=C(NCCc1ccc(C(F)(F)F)cc1)NCc1ccc(NCCOC)cc1.I. The summed E-state index contributed by atoms with van der Waals surface area (Å²) in [6.07, 6.45) is -3.71. The van der Waals surface area contributed by atoms with Gasteiger partial charge in [-0.25, -0.2) is 0 Å². The van der Waals surface area contributed by atoms with Crippen LogP contribution in [0.4, 0.5) is 18.9 Å². The van der Waals surface area contributed by atoms with E-state index in [1.54, 1.807) is 14.2 Å².